The van der Waals surface area contributed by atoms with E-state index in [-0.39, 0.29) is 41.3 Å². The molecule has 0 aromatic carbocycles. The minimum atomic E-state index is -0.862. The van der Waals surface area contributed by atoms with Crippen molar-refractivity contribution in [3.05, 3.63) is 35.5 Å². The molecule has 2 aliphatic carbocycles. The number of likely N-dealkylation sites (tertiary alicyclic amines) is 1. The van der Waals surface area contributed by atoms with E-state index in [1.807, 2.05) is 16.9 Å². The Morgan fingerprint density at radius 1 is 1.18 bits per heavy atom. The molecule has 0 radical (unpaired) electrons. The second kappa shape index (κ2) is 11.0. The summed E-state index contributed by atoms with van der Waals surface area (Å²) in [6.45, 7) is 4.46. The molecule has 4 atom stereocenters. The van der Waals surface area contributed by atoms with Crippen molar-refractivity contribution in [3.63, 3.8) is 0 Å². The van der Waals surface area contributed by atoms with Crippen LogP contribution in [-0.2, 0) is 9.53 Å². The largest absolute Gasteiger partial charge is 0.511 e. The normalized spacial score (nSPS) is 28.4. The molecule has 10 heteroatoms. The number of aliphatic hydroxyl groups excluding tert-OH is 1. The predicted octanol–water partition coefficient (Wildman–Crippen LogP) is 4.66. The number of hydrogen-bond donors (Lipinski definition) is 2. The van der Waals surface area contributed by atoms with Gasteiger partial charge in [-0.25, -0.2) is 4.98 Å². The molecule has 2 aromatic heterocycles. The molecular weight excluding hydrogens is 508 g/mol. The van der Waals surface area contributed by atoms with E-state index in [1.165, 1.54) is 0 Å². The van der Waals surface area contributed by atoms with Crippen molar-refractivity contribution >= 4 is 11.5 Å². The lowest BCUT2D eigenvalue weighted by molar-refractivity contribution is -0.131. The molecule has 4 heterocycles. The number of nitrogens with zero attached hydrogens (tertiary/aromatic N) is 5. The summed E-state index contributed by atoms with van der Waals surface area (Å²) in [7, 11) is 2.12. The SMILES string of the molecule is C[C@H](Oc1cc(-c2ccn([C@H]3CCOC3)n2)nc(C(=N)C2=C(O)[C@]3(CCCCC3=O)CCC2)n1)[C@@H]1CCCN1C. The van der Waals surface area contributed by atoms with Gasteiger partial charge in [-0.2, -0.15) is 10.1 Å². The second-order valence-corrected chi connectivity index (χ2v) is 11.9. The fraction of sp³-hybridized carbons (Fsp3) is 0.633. The molecule has 2 aromatic rings. The van der Waals surface area contributed by atoms with E-state index >= 15 is 0 Å². The molecule has 0 bridgehead atoms. The number of likely N-dealkylation sites (N-methyl/N-ethyl adjacent to an activating group) is 1. The van der Waals surface area contributed by atoms with Crippen molar-refractivity contribution in [3.8, 4) is 17.3 Å². The van der Waals surface area contributed by atoms with Crippen LogP contribution in [0.1, 0.15) is 83.0 Å². The summed E-state index contributed by atoms with van der Waals surface area (Å²) < 4.78 is 13.8. The van der Waals surface area contributed by atoms with Gasteiger partial charge in [-0.3, -0.25) is 19.8 Å². The average molecular weight is 549 g/mol. The Hall–Kier alpha value is -3.11. The Kier molecular flexibility index (Phi) is 7.48. The predicted molar refractivity (Wildman–Crippen MR) is 150 cm³/mol. The van der Waals surface area contributed by atoms with Gasteiger partial charge in [0.15, 0.2) is 5.82 Å². The number of Topliss-reactive ketones (excluding diaryl/α,β-unsaturated/α-hetero) is 1. The maximum Gasteiger partial charge on any atom is 0.217 e. The van der Waals surface area contributed by atoms with E-state index in [0.717, 1.165) is 51.7 Å². The van der Waals surface area contributed by atoms with Gasteiger partial charge in [-0.1, -0.05) is 6.42 Å². The Morgan fingerprint density at radius 3 is 2.77 bits per heavy atom. The van der Waals surface area contributed by atoms with Gasteiger partial charge >= 0.3 is 0 Å². The van der Waals surface area contributed by atoms with Crippen molar-refractivity contribution in [1.29, 1.82) is 5.41 Å². The maximum atomic E-state index is 13.0. The third-order valence-corrected chi connectivity index (χ3v) is 9.36. The molecule has 0 unspecified atom stereocenters. The van der Waals surface area contributed by atoms with Gasteiger partial charge in [-0.05, 0) is 77.9 Å². The Bertz CT molecular complexity index is 1320. The number of aromatic nitrogens is 4. The highest BCUT2D eigenvalue weighted by molar-refractivity contribution is 6.09. The van der Waals surface area contributed by atoms with E-state index in [1.54, 1.807) is 6.07 Å². The first-order chi connectivity index (χ1) is 19.4. The highest BCUT2D eigenvalue weighted by atomic mass is 16.5. The van der Waals surface area contributed by atoms with E-state index in [9.17, 15) is 9.90 Å². The topological polar surface area (TPSA) is 126 Å². The van der Waals surface area contributed by atoms with Crippen LogP contribution in [0.4, 0.5) is 0 Å². The minimum Gasteiger partial charge on any atom is -0.511 e. The second-order valence-electron chi connectivity index (χ2n) is 11.9. The first kappa shape index (κ1) is 27.1. The molecule has 3 fully saturated rings. The third-order valence-electron chi connectivity index (χ3n) is 9.36. The van der Waals surface area contributed by atoms with Crippen molar-refractivity contribution < 1.29 is 19.4 Å². The first-order valence-corrected chi connectivity index (χ1v) is 14.8. The zero-order valence-electron chi connectivity index (χ0n) is 23.6. The Balaban J connectivity index is 1.36. The smallest absolute Gasteiger partial charge is 0.217 e. The summed E-state index contributed by atoms with van der Waals surface area (Å²) in [5.41, 5.74) is 0.893. The van der Waals surface area contributed by atoms with Crippen molar-refractivity contribution in [2.45, 2.75) is 89.3 Å². The van der Waals surface area contributed by atoms with E-state index in [2.05, 4.69) is 23.9 Å². The fourth-order valence-electron chi connectivity index (χ4n) is 7.01. The molecule has 2 saturated heterocycles. The maximum absolute atomic E-state index is 13.0. The van der Waals surface area contributed by atoms with Gasteiger partial charge in [0.1, 0.15) is 29.1 Å². The number of ketones is 1. The zero-order chi connectivity index (χ0) is 27.9. The monoisotopic (exact) mass is 548 g/mol. The number of nitrogens with one attached hydrogen (secondary N) is 1. The summed E-state index contributed by atoms with van der Waals surface area (Å²) in [6, 6.07) is 4.18. The number of hydrogen-bond acceptors (Lipinski definition) is 9. The zero-order valence-corrected chi connectivity index (χ0v) is 23.6. The van der Waals surface area contributed by atoms with Gasteiger partial charge in [-0.15, -0.1) is 0 Å². The van der Waals surface area contributed by atoms with Crippen molar-refractivity contribution in [2.24, 2.45) is 5.41 Å². The third kappa shape index (κ3) is 4.96. The van der Waals surface area contributed by atoms with Crippen molar-refractivity contribution in [1.82, 2.24) is 24.6 Å². The van der Waals surface area contributed by atoms with Crippen LogP contribution < -0.4 is 4.74 Å². The number of rotatable bonds is 7. The highest BCUT2D eigenvalue weighted by Gasteiger charge is 2.47. The highest BCUT2D eigenvalue weighted by Crippen LogP contribution is 2.48. The summed E-state index contributed by atoms with van der Waals surface area (Å²) >= 11 is 0. The van der Waals surface area contributed by atoms with Gasteiger partial charge in [0, 0.05) is 36.9 Å². The van der Waals surface area contributed by atoms with Crippen LogP contribution in [0.5, 0.6) is 5.88 Å². The number of aliphatic hydroxyl groups is 1. The van der Waals surface area contributed by atoms with Crippen LogP contribution in [0, 0.1) is 10.8 Å². The minimum absolute atomic E-state index is 0.0518. The Morgan fingerprint density at radius 2 is 2.02 bits per heavy atom. The summed E-state index contributed by atoms with van der Waals surface area (Å²) in [5, 5.41) is 25.4. The number of ether oxygens (including phenoxy) is 2. The van der Waals surface area contributed by atoms with Gasteiger partial charge in [0.05, 0.1) is 23.8 Å². The van der Waals surface area contributed by atoms with Crippen LogP contribution in [0.3, 0.4) is 0 Å². The lowest BCUT2D eigenvalue weighted by Crippen LogP contribution is -2.39. The number of allylic oxidation sites excluding steroid dienone is 2. The number of carbonyl (C=O) groups excluding carboxylic acids is 1. The van der Waals surface area contributed by atoms with E-state index in [0.29, 0.717) is 55.1 Å². The molecule has 6 rings (SSSR count). The molecule has 0 amide bonds. The molecule has 4 aliphatic rings. The van der Waals surface area contributed by atoms with E-state index in [4.69, 9.17) is 25.0 Å². The van der Waals surface area contributed by atoms with Gasteiger partial charge < -0.3 is 14.6 Å². The van der Waals surface area contributed by atoms with Crippen LogP contribution in [-0.4, -0.2) is 80.2 Å². The summed E-state index contributed by atoms with van der Waals surface area (Å²) in [6.07, 6.45) is 9.73. The molecule has 2 N–H and O–H groups in total. The van der Waals surface area contributed by atoms with Crippen LogP contribution in [0.15, 0.2) is 29.7 Å². The van der Waals surface area contributed by atoms with E-state index < -0.39 is 5.41 Å². The first-order valence-electron chi connectivity index (χ1n) is 14.8. The summed E-state index contributed by atoms with van der Waals surface area (Å²) in [4.78, 5) is 24.8. The lowest BCUT2D eigenvalue weighted by atomic mass is 9.64. The molecular formula is C30H40N6O4. The Labute approximate surface area is 235 Å². The number of carbonyl (C=O) groups is 1. The molecule has 1 saturated carbocycles. The summed E-state index contributed by atoms with van der Waals surface area (Å²) in [5.74, 6) is 0.711. The molecule has 214 valence electrons. The standard InChI is InChI=1S/C30H40N6O4/c1-19(24-8-6-14-35(24)2)40-26-17-23(22-10-15-36(34-22)20-11-16-39-18-20)32-29(33-26)27(31)21-7-5-13-30(28(21)38)12-4-3-9-25(30)37/h10,15,17,19-20,24,31,38H,3-9,11-14,16,18H2,1-2H3/t19-,20-,24-,30+/m0/s1. The van der Waals surface area contributed by atoms with Crippen LogP contribution in [0.2, 0.25) is 0 Å². The average Bonchev–Trinajstić information content (AvgIpc) is 3.73. The lowest BCUT2D eigenvalue weighted by Gasteiger charge is -2.39. The fourth-order valence-corrected chi connectivity index (χ4v) is 7.01. The van der Waals surface area contributed by atoms with Crippen LogP contribution >= 0.6 is 0 Å². The molecule has 10 nitrogen and oxygen atoms in total. The molecule has 40 heavy (non-hydrogen) atoms. The van der Waals surface area contributed by atoms with Gasteiger partial charge in [0.2, 0.25) is 5.88 Å². The van der Waals surface area contributed by atoms with Gasteiger partial charge in [0.25, 0.3) is 0 Å². The van der Waals surface area contributed by atoms with Crippen LogP contribution in [0.25, 0.3) is 11.4 Å². The quantitative estimate of drug-likeness (QED) is 0.479. The molecule has 2 aliphatic heterocycles. The van der Waals surface area contributed by atoms with Crippen molar-refractivity contribution in [2.75, 3.05) is 26.8 Å². The molecule has 1 spiro atoms.